The maximum atomic E-state index is 6.00. The van der Waals surface area contributed by atoms with Gasteiger partial charge in [-0.2, -0.15) is 0 Å². The second-order valence-electron chi connectivity index (χ2n) is 1.15. The minimum Gasteiger partial charge on any atom is -1.00 e. The first-order chi connectivity index (χ1) is 4.00. The van der Waals surface area contributed by atoms with E-state index in [-0.39, 0.29) is 31.0 Å². The molecule has 0 heterocycles. The van der Waals surface area contributed by atoms with Crippen molar-refractivity contribution in [3.8, 4) is 0 Å². The Morgan fingerprint density at radius 3 is 0.889 bits per heavy atom. The SMILES string of the molecule is N#N.[H-].[Na+].c1ccccc1. The van der Waals surface area contributed by atoms with Crippen LogP contribution < -0.4 is 29.6 Å². The molecule has 0 radical (unpaired) electrons. The molecule has 9 heavy (non-hydrogen) atoms. The van der Waals surface area contributed by atoms with E-state index in [9.17, 15) is 0 Å². The van der Waals surface area contributed by atoms with Gasteiger partial charge in [0.05, 0.1) is 0 Å². The first kappa shape index (κ1) is 11.4. The molecule has 1 rings (SSSR count). The molecule has 0 spiro atoms. The molecule has 0 saturated heterocycles. The number of rotatable bonds is 0. The zero-order chi connectivity index (χ0) is 6.24. The van der Waals surface area contributed by atoms with Gasteiger partial charge in [0.15, 0.2) is 0 Å². The van der Waals surface area contributed by atoms with Crippen molar-refractivity contribution >= 4 is 0 Å². The average molecular weight is 130 g/mol. The fourth-order valence-corrected chi connectivity index (χ4v) is 0.385. The fourth-order valence-electron chi connectivity index (χ4n) is 0.385. The van der Waals surface area contributed by atoms with E-state index in [2.05, 4.69) is 0 Å². The molecule has 0 aromatic heterocycles. The van der Waals surface area contributed by atoms with Gasteiger partial charge in [0, 0.05) is 10.8 Å². The van der Waals surface area contributed by atoms with E-state index in [1.165, 1.54) is 0 Å². The van der Waals surface area contributed by atoms with Crippen LogP contribution in [0.1, 0.15) is 1.43 Å². The molecular weight excluding hydrogens is 123 g/mol. The summed E-state index contributed by atoms with van der Waals surface area (Å²) in [6.07, 6.45) is 0. The molecule has 0 bridgehead atoms. The Balaban J connectivity index is -0.000000114. The zero-order valence-corrected chi connectivity index (χ0v) is 7.36. The van der Waals surface area contributed by atoms with E-state index in [0.29, 0.717) is 0 Å². The summed E-state index contributed by atoms with van der Waals surface area (Å²) in [6, 6.07) is 12.0. The molecule has 0 saturated carbocycles. The molecule has 0 aliphatic rings. The third kappa shape index (κ3) is 7.64. The second kappa shape index (κ2) is 10.6. The predicted octanol–water partition coefficient (Wildman–Crippen LogP) is -1.17. The molecule has 42 valence electrons. The Hall–Kier alpha value is -0.360. The summed E-state index contributed by atoms with van der Waals surface area (Å²) in [5.74, 6) is 0. The summed E-state index contributed by atoms with van der Waals surface area (Å²) < 4.78 is 0. The Morgan fingerprint density at radius 2 is 0.778 bits per heavy atom. The third-order valence-electron chi connectivity index (χ3n) is 0.667. The summed E-state index contributed by atoms with van der Waals surface area (Å²) in [6.45, 7) is 0. The molecular formula is C6H7N2Na. The summed E-state index contributed by atoms with van der Waals surface area (Å²) >= 11 is 0. The second-order valence-corrected chi connectivity index (χ2v) is 1.15. The van der Waals surface area contributed by atoms with E-state index in [1.54, 1.807) is 0 Å². The molecule has 0 amide bonds. The summed E-state index contributed by atoms with van der Waals surface area (Å²) in [7, 11) is 0. The molecule has 0 unspecified atom stereocenters. The molecule has 0 aliphatic carbocycles. The van der Waals surface area contributed by atoms with Crippen molar-refractivity contribution in [2.45, 2.75) is 0 Å². The topological polar surface area (TPSA) is 47.6 Å². The van der Waals surface area contributed by atoms with Gasteiger partial charge >= 0.3 is 29.6 Å². The quantitative estimate of drug-likeness (QED) is 0.328. The molecule has 0 aliphatic heterocycles. The van der Waals surface area contributed by atoms with Crippen molar-refractivity contribution in [1.82, 2.24) is 0 Å². The van der Waals surface area contributed by atoms with E-state index in [4.69, 9.17) is 10.8 Å². The van der Waals surface area contributed by atoms with Gasteiger partial charge in [-0.05, 0) is 0 Å². The van der Waals surface area contributed by atoms with Gasteiger partial charge in [-0.15, -0.1) is 0 Å². The first-order valence-electron chi connectivity index (χ1n) is 2.20. The number of hydrogen-bond acceptors (Lipinski definition) is 2. The minimum absolute atomic E-state index is 0. The van der Waals surface area contributed by atoms with Crippen LogP contribution in [0, 0.1) is 10.8 Å². The van der Waals surface area contributed by atoms with Crippen molar-refractivity contribution in [2.75, 3.05) is 0 Å². The van der Waals surface area contributed by atoms with Crippen molar-refractivity contribution in [2.24, 2.45) is 0 Å². The first-order valence-corrected chi connectivity index (χ1v) is 2.20. The summed E-state index contributed by atoms with van der Waals surface area (Å²) in [5.41, 5.74) is 0. The molecule has 0 N–H and O–H groups in total. The van der Waals surface area contributed by atoms with Gasteiger partial charge in [-0.3, -0.25) is 0 Å². The molecule has 0 atom stereocenters. The van der Waals surface area contributed by atoms with Crippen molar-refractivity contribution in [3.63, 3.8) is 0 Å². The maximum absolute atomic E-state index is 6.00. The zero-order valence-electron chi connectivity index (χ0n) is 6.36. The van der Waals surface area contributed by atoms with Crippen LogP contribution in [0.2, 0.25) is 0 Å². The van der Waals surface area contributed by atoms with Crippen molar-refractivity contribution < 1.29 is 31.0 Å². The molecule has 2 nitrogen and oxygen atoms in total. The van der Waals surface area contributed by atoms with Crippen LogP contribution in [0.5, 0.6) is 0 Å². The smallest absolute Gasteiger partial charge is 1.00 e. The van der Waals surface area contributed by atoms with Gasteiger partial charge in [-0.25, -0.2) is 0 Å². The van der Waals surface area contributed by atoms with Crippen LogP contribution in [-0.4, -0.2) is 0 Å². The molecule has 0 fully saturated rings. The Labute approximate surface area is 78.1 Å². The van der Waals surface area contributed by atoms with E-state index in [0.717, 1.165) is 0 Å². The van der Waals surface area contributed by atoms with Crippen molar-refractivity contribution in [3.05, 3.63) is 36.4 Å². The number of nitrogens with zero attached hydrogens (tertiary/aromatic N) is 2. The van der Waals surface area contributed by atoms with Crippen LogP contribution in [0.25, 0.3) is 0 Å². The standard InChI is InChI=1S/C6H6.N2.Na.H/c1-2-4-6-5-3-1;1-2;;/h1-6H;;;/q;;+1;-1. The van der Waals surface area contributed by atoms with Crippen LogP contribution in [0.4, 0.5) is 0 Å². The number of benzene rings is 1. The van der Waals surface area contributed by atoms with Crippen LogP contribution in [0.3, 0.4) is 0 Å². The fraction of sp³-hybridized carbons (Fsp3) is 0. The minimum atomic E-state index is 0. The van der Waals surface area contributed by atoms with E-state index in [1.807, 2.05) is 36.4 Å². The van der Waals surface area contributed by atoms with Gasteiger partial charge in [0.1, 0.15) is 0 Å². The van der Waals surface area contributed by atoms with E-state index < -0.39 is 0 Å². The number of hydrogen-bond donors (Lipinski definition) is 0. The average Bonchev–Trinajstić information content (AvgIpc) is 1.96. The Bertz CT molecular complexity index is 116. The molecule has 1 aromatic carbocycles. The molecule has 1 aromatic rings. The van der Waals surface area contributed by atoms with Crippen LogP contribution >= 0.6 is 0 Å². The van der Waals surface area contributed by atoms with Gasteiger partial charge in [-0.1, -0.05) is 36.4 Å². The summed E-state index contributed by atoms with van der Waals surface area (Å²) in [5, 5.41) is 12.0. The molecule has 3 heteroatoms. The van der Waals surface area contributed by atoms with Crippen molar-refractivity contribution in [1.29, 1.82) is 10.8 Å². The van der Waals surface area contributed by atoms with E-state index >= 15 is 0 Å². The van der Waals surface area contributed by atoms with Gasteiger partial charge in [0.25, 0.3) is 0 Å². The predicted molar refractivity (Wildman–Crippen MR) is 31.0 cm³/mol. The van der Waals surface area contributed by atoms with Gasteiger partial charge in [0.2, 0.25) is 0 Å². The summed E-state index contributed by atoms with van der Waals surface area (Å²) in [4.78, 5) is 0. The van der Waals surface area contributed by atoms with Crippen LogP contribution in [0.15, 0.2) is 36.4 Å². The maximum Gasteiger partial charge on any atom is 1.00 e. The van der Waals surface area contributed by atoms with Crippen LogP contribution in [-0.2, 0) is 0 Å². The monoisotopic (exact) mass is 130 g/mol. The third-order valence-corrected chi connectivity index (χ3v) is 0.667. The Morgan fingerprint density at radius 1 is 0.667 bits per heavy atom. The largest absolute Gasteiger partial charge is 1.00 e. The van der Waals surface area contributed by atoms with Gasteiger partial charge < -0.3 is 1.43 Å². The normalized spacial score (nSPS) is 5.56. The Kier molecular flexibility index (Phi) is 13.5.